The van der Waals surface area contributed by atoms with Crippen LogP contribution < -0.4 is 14.2 Å². The number of hydrogen-bond acceptors (Lipinski definition) is 6. The predicted molar refractivity (Wildman–Crippen MR) is 147 cm³/mol. The fourth-order valence-corrected chi connectivity index (χ4v) is 6.09. The van der Waals surface area contributed by atoms with E-state index in [1.165, 1.54) is 19.3 Å². The van der Waals surface area contributed by atoms with Crippen LogP contribution in [0.2, 0.25) is 0 Å². The van der Waals surface area contributed by atoms with Crippen LogP contribution in [-0.2, 0) is 0 Å². The number of ether oxygens (including phenoxy) is 3. The summed E-state index contributed by atoms with van der Waals surface area (Å²) in [6, 6.07) is 19.9. The lowest BCUT2D eigenvalue weighted by Crippen LogP contribution is -2.33. The van der Waals surface area contributed by atoms with E-state index in [2.05, 4.69) is 29.2 Å². The Kier molecular flexibility index (Phi) is 7.54. The molecule has 3 aromatic carbocycles. The number of hydrogen-bond donors (Lipinski definition) is 0. The van der Waals surface area contributed by atoms with Gasteiger partial charge in [0.15, 0.2) is 6.29 Å². The first-order valence-electron chi connectivity index (χ1n) is 12.4. The topological polar surface area (TPSA) is 48.0 Å². The van der Waals surface area contributed by atoms with Crippen molar-refractivity contribution in [3.05, 3.63) is 66.2 Å². The average Bonchev–Trinajstić information content (AvgIpc) is 3.32. The van der Waals surface area contributed by atoms with Gasteiger partial charge >= 0.3 is 0 Å². The Bertz CT molecular complexity index is 1340. The molecule has 0 atom stereocenters. The molecule has 6 heteroatoms. The highest BCUT2D eigenvalue weighted by molar-refractivity contribution is 7.23. The van der Waals surface area contributed by atoms with Gasteiger partial charge in [0.25, 0.3) is 0 Å². The molecule has 0 radical (unpaired) electrons. The van der Waals surface area contributed by atoms with E-state index in [1.807, 2.05) is 36.4 Å². The van der Waals surface area contributed by atoms with Crippen LogP contribution in [-0.4, -0.2) is 51.6 Å². The van der Waals surface area contributed by atoms with Crippen molar-refractivity contribution in [1.29, 1.82) is 0 Å². The molecule has 5 nitrogen and oxygen atoms in total. The Labute approximate surface area is 216 Å². The van der Waals surface area contributed by atoms with Crippen LogP contribution in [0.5, 0.6) is 17.2 Å². The van der Waals surface area contributed by atoms with Crippen LogP contribution in [0.25, 0.3) is 31.7 Å². The Balaban J connectivity index is 1.55. The van der Waals surface area contributed by atoms with E-state index in [1.54, 1.807) is 25.6 Å². The highest BCUT2D eigenvalue weighted by Gasteiger charge is 2.20. The molecular formula is C30H31NO4S. The normalized spacial score (nSPS) is 14.1. The third kappa shape index (κ3) is 5.11. The van der Waals surface area contributed by atoms with Gasteiger partial charge in [0.1, 0.15) is 23.9 Å². The summed E-state index contributed by atoms with van der Waals surface area (Å²) in [5, 5.41) is 1.08. The first kappa shape index (κ1) is 24.3. The number of carbonyl (C=O) groups excluding carboxylic acids is 1. The number of nitrogens with zero attached hydrogens (tertiary/aromatic N) is 1. The fraction of sp³-hybridized carbons (Fsp3) is 0.300. The Morgan fingerprint density at radius 1 is 0.861 bits per heavy atom. The van der Waals surface area contributed by atoms with Crippen LogP contribution in [0.15, 0.2) is 60.7 Å². The van der Waals surface area contributed by atoms with Crippen LogP contribution in [0, 0.1) is 0 Å². The summed E-state index contributed by atoms with van der Waals surface area (Å²) in [6.45, 7) is 3.85. The summed E-state index contributed by atoms with van der Waals surface area (Å²) in [5.74, 6) is 2.39. The summed E-state index contributed by atoms with van der Waals surface area (Å²) in [7, 11) is 3.34. The molecule has 1 aliphatic heterocycles. The fourth-order valence-electron chi connectivity index (χ4n) is 4.84. The molecule has 36 heavy (non-hydrogen) atoms. The third-order valence-corrected chi connectivity index (χ3v) is 8.00. The van der Waals surface area contributed by atoms with E-state index in [-0.39, 0.29) is 0 Å². The predicted octanol–water partition coefficient (Wildman–Crippen LogP) is 6.93. The number of methoxy groups -OCH3 is 2. The van der Waals surface area contributed by atoms with Crippen molar-refractivity contribution in [1.82, 2.24) is 4.90 Å². The first-order valence-corrected chi connectivity index (χ1v) is 13.2. The van der Waals surface area contributed by atoms with Crippen molar-refractivity contribution in [3.8, 4) is 38.8 Å². The zero-order valence-corrected chi connectivity index (χ0v) is 21.6. The monoisotopic (exact) mass is 501 g/mol. The van der Waals surface area contributed by atoms with Gasteiger partial charge in [-0.15, -0.1) is 11.3 Å². The Morgan fingerprint density at radius 3 is 2.31 bits per heavy atom. The molecule has 1 fully saturated rings. The van der Waals surface area contributed by atoms with Gasteiger partial charge in [-0.05, 0) is 97.7 Å². The first-order chi connectivity index (χ1) is 17.7. The molecule has 186 valence electrons. The van der Waals surface area contributed by atoms with Gasteiger partial charge in [-0.1, -0.05) is 6.42 Å². The molecule has 0 aliphatic carbocycles. The second-order valence-electron chi connectivity index (χ2n) is 9.01. The van der Waals surface area contributed by atoms with E-state index in [0.29, 0.717) is 12.2 Å². The molecule has 0 spiro atoms. The minimum Gasteiger partial charge on any atom is -0.497 e. The van der Waals surface area contributed by atoms with E-state index >= 15 is 0 Å². The molecular weight excluding hydrogens is 470 g/mol. The molecule has 0 bridgehead atoms. The molecule has 1 aromatic heterocycles. The number of likely N-dealkylation sites (tertiary alicyclic amines) is 1. The van der Waals surface area contributed by atoms with Gasteiger partial charge in [-0.3, -0.25) is 9.69 Å². The molecule has 4 aromatic rings. The lowest BCUT2D eigenvalue weighted by molar-refractivity contribution is 0.112. The van der Waals surface area contributed by atoms with E-state index < -0.39 is 0 Å². The van der Waals surface area contributed by atoms with Crippen LogP contribution >= 0.6 is 11.3 Å². The second-order valence-corrected chi connectivity index (χ2v) is 10.1. The standard InChI is InChI=1S/C30H31NO4S/c1-33-23-9-6-21(7-10-23)30-29(26-13-12-24(34-2)19-28(26)36-30)27-18-25(11-8-22(27)20-32)35-17-16-31-14-4-3-5-15-31/h6-13,18-20H,3-5,14-17H2,1-2H3. The van der Waals surface area contributed by atoms with E-state index in [9.17, 15) is 4.79 Å². The quantitative estimate of drug-likeness (QED) is 0.233. The summed E-state index contributed by atoms with van der Waals surface area (Å²) in [6.07, 6.45) is 4.78. The van der Waals surface area contributed by atoms with Gasteiger partial charge < -0.3 is 14.2 Å². The van der Waals surface area contributed by atoms with E-state index in [0.717, 1.165) is 74.8 Å². The van der Waals surface area contributed by atoms with Gasteiger partial charge in [-0.2, -0.15) is 0 Å². The van der Waals surface area contributed by atoms with Crippen LogP contribution in [0.4, 0.5) is 0 Å². The Morgan fingerprint density at radius 2 is 1.58 bits per heavy atom. The van der Waals surface area contributed by atoms with Gasteiger partial charge in [0, 0.05) is 32.6 Å². The van der Waals surface area contributed by atoms with Gasteiger partial charge in [0.05, 0.1) is 14.2 Å². The zero-order chi connectivity index (χ0) is 24.9. The highest BCUT2D eigenvalue weighted by Crippen LogP contribution is 2.47. The highest BCUT2D eigenvalue weighted by atomic mass is 32.1. The summed E-state index contributed by atoms with van der Waals surface area (Å²) >= 11 is 1.69. The molecule has 2 heterocycles. The van der Waals surface area contributed by atoms with Crippen molar-refractivity contribution < 1.29 is 19.0 Å². The number of benzene rings is 3. The van der Waals surface area contributed by atoms with Crippen molar-refractivity contribution in [2.45, 2.75) is 19.3 Å². The number of fused-ring (bicyclic) bond motifs is 1. The van der Waals surface area contributed by atoms with Crippen molar-refractivity contribution in [2.24, 2.45) is 0 Å². The average molecular weight is 502 g/mol. The minimum absolute atomic E-state index is 0.632. The van der Waals surface area contributed by atoms with Crippen LogP contribution in [0.3, 0.4) is 0 Å². The van der Waals surface area contributed by atoms with Crippen molar-refractivity contribution in [2.75, 3.05) is 40.5 Å². The smallest absolute Gasteiger partial charge is 0.150 e. The largest absolute Gasteiger partial charge is 0.497 e. The summed E-state index contributed by atoms with van der Waals surface area (Å²) in [4.78, 5) is 15.7. The van der Waals surface area contributed by atoms with Gasteiger partial charge in [0.2, 0.25) is 0 Å². The number of rotatable bonds is 9. The third-order valence-electron chi connectivity index (χ3n) is 6.80. The maximum absolute atomic E-state index is 12.1. The molecule has 0 unspecified atom stereocenters. The number of carbonyl (C=O) groups is 1. The lowest BCUT2D eigenvalue weighted by atomic mass is 9.95. The molecule has 0 amide bonds. The summed E-state index contributed by atoms with van der Waals surface area (Å²) < 4.78 is 18.1. The maximum Gasteiger partial charge on any atom is 0.150 e. The molecule has 1 aliphatic rings. The number of aldehydes is 1. The van der Waals surface area contributed by atoms with E-state index in [4.69, 9.17) is 14.2 Å². The van der Waals surface area contributed by atoms with Gasteiger partial charge in [-0.25, -0.2) is 0 Å². The van der Waals surface area contributed by atoms with Crippen molar-refractivity contribution in [3.63, 3.8) is 0 Å². The molecule has 1 saturated heterocycles. The summed E-state index contributed by atoms with van der Waals surface area (Å²) in [5.41, 5.74) is 3.62. The van der Waals surface area contributed by atoms with Crippen LogP contribution in [0.1, 0.15) is 29.6 Å². The number of thiophene rings is 1. The lowest BCUT2D eigenvalue weighted by Gasteiger charge is -2.26. The zero-order valence-electron chi connectivity index (χ0n) is 20.8. The second kappa shape index (κ2) is 11.1. The molecule has 5 rings (SSSR count). The molecule has 0 N–H and O–H groups in total. The SMILES string of the molecule is COc1ccc(-c2sc3cc(OC)ccc3c2-c2cc(OCCN3CCCCC3)ccc2C=O)cc1. The maximum atomic E-state index is 12.1. The van der Waals surface area contributed by atoms with Crippen molar-refractivity contribution >= 4 is 27.7 Å². The minimum atomic E-state index is 0.632. The molecule has 0 saturated carbocycles. The number of piperidine rings is 1. The Hall–Kier alpha value is -3.35.